The van der Waals surface area contributed by atoms with Gasteiger partial charge in [-0.2, -0.15) is 5.10 Å². The third-order valence-corrected chi connectivity index (χ3v) is 11.0. The van der Waals surface area contributed by atoms with Crippen molar-refractivity contribution in [3.05, 3.63) is 149 Å². The van der Waals surface area contributed by atoms with Crippen LogP contribution in [0.15, 0.2) is 109 Å². The van der Waals surface area contributed by atoms with Gasteiger partial charge < -0.3 is 23.8 Å². The van der Waals surface area contributed by atoms with Crippen LogP contribution in [-0.2, 0) is 46.4 Å². The molecule has 0 saturated carbocycles. The van der Waals surface area contributed by atoms with Crippen molar-refractivity contribution in [1.29, 1.82) is 0 Å². The largest absolute Gasteiger partial charge is 0.472 e. The number of benzene rings is 4. The van der Waals surface area contributed by atoms with E-state index in [4.69, 9.17) is 9.47 Å². The second-order valence-electron chi connectivity index (χ2n) is 14.7. The van der Waals surface area contributed by atoms with Gasteiger partial charge in [-0.1, -0.05) is 60.7 Å². The van der Waals surface area contributed by atoms with Crippen molar-refractivity contribution >= 4 is 33.6 Å². The van der Waals surface area contributed by atoms with E-state index in [2.05, 4.69) is 20.4 Å². The Kier molecular flexibility index (Phi) is 8.73. The molecule has 10 rings (SSSR count). The van der Waals surface area contributed by atoms with E-state index in [0.717, 1.165) is 49.9 Å². The normalized spacial score (nSPS) is 13.8. The molecule has 1 N–H and O–H groups in total. The standard InChI is InChI=1S/C44H38FN9O4/c1-50-25-36(43(55)51-15-17-53-32(23-51)21-40(49-53)58-27-29-9-5-10-31(45)19-29)41-34(11-6-12-38(41)50)30-13-14-35-37(20-30)46-47-42(35)44(56)52-16-18-54-33(24-52)22-39(48-54)57-26-28-7-3-2-4-8-28/h2-14,19-22,25H,15-18,23-24,26-27H2,1H3,(H,46,47). The lowest BCUT2D eigenvalue weighted by molar-refractivity contribution is 0.0697. The van der Waals surface area contributed by atoms with Gasteiger partial charge in [0.2, 0.25) is 11.8 Å². The molecular formula is C44H38FN9O4. The number of amides is 2. The van der Waals surface area contributed by atoms with Crippen molar-refractivity contribution in [2.45, 2.75) is 39.4 Å². The number of aromatic nitrogens is 7. The van der Waals surface area contributed by atoms with Crippen LogP contribution >= 0.6 is 0 Å². The number of hydrogen-bond acceptors (Lipinski definition) is 7. The van der Waals surface area contributed by atoms with Gasteiger partial charge in [0.15, 0.2) is 5.69 Å². The van der Waals surface area contributed by atoms with E-state index in [1.54, 1.807) is 17.0 Å². The molecule has 0 atom stereocenters. The highest BCUT2D eigenvalue weighted by Gasteiger charge is 2.29. The van der Waals surface area contributed by atoms with Crippen LogP contribution in [-0.4, -0.2) is 69.0 Å². The molecule has 4 aromatic carbocycles. The smallest absolute Gasteiger partial charge is 0.275 e. The molecule has 0 radical (unpaired) electrons. The number of nitrogens with one attached hydrogen (secondary N) is 1. The van der Waals surface area contributed by atoms with Crippen LogP contribution in [0.1, 0.15) is 43.4 Å². The molecule has 2 aliphatic rings. The average Bonchev–Trinajstić information content (AvgIpc) is 4.05. The van der Waals surface area contributed by atoms with Gasteiger partial charge in [-0.15, -0.1) is 10.2 Å². The molecule has 14 heteroatoms. The number of fused-ring (bicyclic) bond motifs is 4. The lowest BCUT2D eigenvalue weighted by Gasteiger charge is -2.27. The Bertz CT molecular complexity index is 2860. The molecule has 0 saturated heterocycles. The van der Waals surface area contributed by atoms with E-state index in [0.29, 0.717) is 74.5 Å². The van der Waals surface area contributed by atoms with Gasteiger partial charge in [0.25, 0.3) is 11.8 Å². The number of nitrogens with zero attached hydrogens (tertiary/aromatic N) is 8. The number of H-pyrrole nitrogens is 1. The molecular weight excluding hydrogens is 738 g/mol. The highest BCUT2D eigenvalue weighted by molar-refractivity contribution is 6.13. The number of aromatic amines is 1. The summed E-state index contributed by atoms with van der Waals surface area (Å²) >= 11 is 0. The number of hydrogen-bond donors (Lipinski definition) is 1. The highest BCUT2D eigenvalue weighted by Crippen LogP contribution is 2.35. The number of halogens is 1. The number of ether oxygens (including phenoxy) is 2. The van der Waals surface area contributed by atoms with Crippen LogP contribution in [0.3, 0.4) is 0 Å². The summed E-state index contributed by atoms with van der Waals surface area (Å²) in [4.78, 5) is 31.8. The second kappa shape index (κ2) is 14.4. The summed E-state index contributed by atoms with van der Waals surface area (Å²) in [6.45, 7) is 3.42. The maximum absolute atomic E-state index is 14.3. The van der Waals surface area contributed by atoms with Crippen molar-refractivity contribution < 1.29 is 23.5 Å². The molecule has 0 fully saturated rings. The van der Waals surface area contributed by atoms with Gasteiger partial charge in [0.05, 0.1) is 48.6 Å². The molecule has 58 heavy (non-hydrogen) atoms. The summed E-state index contributed by atoms with van der Waals surface area (Å²) < 4.78 is 31.2. The molecule has 2 aliphatic heterocycles. The summed E-state index contributed by atoms with van der Waals surface area (Å²) in [5.41, 5.74) is 7.92. The van der Waals surface area contributed by atoms with Gasteiger partial charge in [0, 0.05) is 54.8 Å². The molecule has 6 heterocycles. The van der Waals surface area contributed by atoms with Crippen LogP contribution in [0.25, 0.3) is 32.9 Å². The second-order valence-corrected chi connectivity index (χ2v) is 14.7. The Morgan fingerprint density at radius 1 is 0.724 bits per heavy atom. The van der Waals surface area contributed by atoms with E-state index >= 15 is 0 Å². The maximum atomic E-state index is 14.3. The van der Waals surface area contributed by atoms with Crippen molar-refractivity contribution in [2.24, 2.45) is 7.05 Å². The molecule has 8 aromatic rings. The van der Waals surface area contributed by atoms with Crippen molar-refractivity contribution in [1.82, 2.24) is 44.1 Å². The lowest BCUT2D eigenvalue weighted by Crippen LogP contribution is -2.38. The van der Waals surface area contributed by atoms with Gasteiger partial charge in [-0.25, -0.2) is 4.39 Å². The lowest BCUT2D eigenvalue weighted by atomic mass is 9.97. The molecule has 0 spiro atoms. The predicted octanol–water partition coefficient (Wildman–Crippen LogP) is 6.72. The van der Waals surface area contributed by atoms with E-state index in [1.165, 1.54) is 12.1 Å². The Morgan fingerprint density at radius 3 is 2.12 bits per heavy atom. The zero-order valence-corrected chi connectivity index (χ0v) is 31.6. The van der Waals surface area contributed by atoms with E-state index in [-0.39, 0.29) is 24.2 Å². The first-order valence-electron chi connectivity index (χ1n) is 19.2. The van der Waals surface area contributed by atoms with Crippen LogP contribution in [0.5, 0.6) is 11.8 Å². The average molecular weight is 776 g/mol. The zero-order valence-electron chi connectivity index (χ0n) is 31.6. The van der Waals surface area contributed by atoms with Crippen LogP contribution < -0.4 is 9.47 Å². The SMILES string of the molecule is Cn1cc(C(=O)N2CCn3nc(OCc4cccc(F)c4)cc3C2)c2c(-c3ccc4c(C(=O)N5CCn6nc(OCc7ccccc7)cc6C5)n[nH]c4c3)cccc21. The summed E-state index contributed by atoms with van der Waals surface area (Å²) in [6.07, 6.45) is 1.89. The fourth-order valence-corrected chi connectivity index (χ4v) is 8.00. The van der Waals surface area contributed by atoms with E-state index in [9.17, 15) is 14.0 Å². The minimum absolute atomic E-state index is 0.0824. The fourth-order valence-electron chi connectivity index (χ4n) is 8.00. The zero-order chi connectivity index (χ0) is 39.3. The predicted molar refractivity (Wildman–Crippen MR) is 213 cm³/mol. The van der Waals surface area contributed by atoms with Crippen molar-refractivity contribution in [2.75, 3.05) is 13.1 Å². The summed E-state index contributed by atoms with van der Waals surface area (Å²) in [5, 5.41) is 18.3. The van der Waals surface area contributed by atoms with Crippen molar-refractivity contribution in [3.63, 3.8) is 0 Å². The van der Waals surface area contributed by atoms with Crippen molar-refractivity contribution in [3.8, 4) is 22.9 Å². The topological polar surface area (TPSA) is 128 Å². The third-order valence-electron chi connectivity index (χ3n) is 11.0. The summed E-state index contributed by atoms with van der Waals surface area (Å²) in [7, 11) is 1.94. The minimum Gasteiger partial charge on any atom is -0.472 e. The molecule has 0 bridgehead atoms. The Morgan fingerprint density at radius 2 is 1.40 bits per heavy atom. The molecule has 2 amide bonds. The first kappa shape index (κ1) is 35.2. The minimum atomic E-state index is -0.317. The number of carbonyl (C=O) groups excluding carboxylic acids is 2. The Labute approximate surface area is 331 Å². The van der Waals surface area contributed by atoms with Crippen LogP contribution in [0.2, 0.25) is 0 Å². The fraction of sp³-hybridized carbons (Fsp3) is 0.205. The number of carbonyl (C=O) groups is 2. The highest BCUT2D eigenvalue weighted by atomic mass is 19.1. The van der Waals surface area contributed by atoms with E-state index < -0.39 is 0 Å². The molecule has 0 aliphatic carbocycles. The summed E-state index contributed by atoms with van der Waals surface area (Å²) in [6, 6.07) is 31.9. The number of aryl methyl sites for hydroxylation is 1. The molecule has 0 unspecified atom stereocenters. The molecule has 290 valence electrons. The number of rotatable bonds is 9. The van der Waals surface area contributed by atoms with Crippen LogP contribution in [0, 0.1) is 5.82 Å². The first-order chi connectivity index (χ1) is 28.3. The van der Waals surface area contributed by atoms with Gasteiger partial charge in [0.1, 0.15) is 19.0 Å². The third kappa shape index (κ3) is 6.51. The molecule has 4 aromatic heterocycles. The quantitative estimate of drug-likeness (QED) is 0.172. The van der Waals surface area contributed by atoms with Gasteiger partial charge in [-0.05, 0) is 52.6 Å². The maximum Gasteiger partial charge on any atom is 0.275 e. The summed E-state index contributed by atoms with van der Waals surface area (Å²) in [5.74, 6) is 0.405. The molecule has 13 nitrogen and oxygen atoms in total. The first-order valence-corrected chi connectivity index (χ1v) is 19.2. The van der Waals surface area contributed by atoms with Gasteiger partial charge >= 0.3 is 0 Å². The monoisotopic (exact) mass is 775 g/mol. The Balaban J connectivity index is 0.863. The van der Waals surface area contributed by atoms with Gasteiger partial charge in [-0.3, -0.25) is 24.1 Å². The van der Waals surface area contributed by atoms with E-state index in [1.807, 2.05) is 111 Å². The Hall–Kier alpha value is -7.22. The van der Waals surface area contributed by atoms with Crippen LogP contribution in [0.4, 0.5) is 4.39 Å².